The fraction of sp³-hybridized carbons (Fsp3) is 0.333. The summed E-state index contributed by atoms with van der Waals surface area (Å²) in [5.74, 6) is -0.505. The molecule has 2 atom stereocenters. The molecule has 1 aliphatic heterocycles. The van der Waals surface area contributed by atoms with Gasteiger partial charge < -0.3 is 19.7 Å². The van der Waals surface area contributed by atoms with E-state index in [9.17, 15) is 18.0 Å². The summed E-state index contributed by atoms with van der Waals surface area (Å²) in [5, 5.41) is 2.80. The average molecular weight is 566 g/mol. The fourth-order valence-corrected chi connectivity index (χ4v) is 6.27. The Balaban J connectivity index is 1.68. The van der Waals surface area contributed by atoms with Crippen LogP contribution in [0.1, 0.15) is 48.7 Å². The predicted octanol–water partition coefficient (Wildman–Crippen LogP) is 4.77. The second kappa shape index (κ2) is 13.0. The van der Waals surface area contributed by atoms with Crippen molar-refractivity contribution in [1.29, 1.82) is 0 Å². The number of carbonyl (C=O) groups is 2. The molecular weight excluding hydrogens is 530 g/mol. The number of hydrogen-bond acceptors (Lipinski definition) is 7. The highest BCUT2D eigenvalue weighted by Gasteiger charge is 2.31. The molecule has 0 aliphatic carbocycles. The molecule has 40 heavy (non-hydrogen) atoms. The van der Waals surface area contributed by atoms with Gasteiger partial charge in [-0.2, -0.15) is 0 Å². The van der Waals surface area contributed by atoms with Crippen molar-refractivity contribution >= 4 is 33.3 Å². The molecular formula is C30H35N3O6S. The molecule has 3 aromatic carbocycles. The molecule has 9 nitrogen and oxygen atoms in total. The van der Waals surface area contributed by atoms with Gasteiger partial charge in [0.1, 0.15) is 10.6 Å². The minimum atomic E-state index is -4.05. The lowest BCUT2D eigenvalue weighted by atomic mass is 9.97. The van der Waals surface area contributed by atoms with E-state index in [-0.39, 0.29) is 23.4 Å². The van der Waals surface area contributed by atoms with Crippen LogP contribution in [0, 0.1) is 5.92 Å². The van der Waals surface area contributed by atoms with Gasteiger partial charge in [0.15, 0.2) is 0 Å². The third-order valence-electron chi connectivity index (χ3n) is 6.85. The molecule has 1 amide bonds. The van der Waals surface area contributed by atoms with Crippen LogP contribution in [0.5, 0.6) is 5.75 Å². The SMILES string of the molecule is CCOC(=O)[C@H]1CCCN(c2ccc(NC(=O)c3cccc(OC)c3)cc2S(=O)(=O)N[C@H](C)c2ccccc2)C1. The largest absolute Gasteiger partial charge is 0.497 e. The molecule has 0 aromatic heterocycles. The van der Waals surface area contributed by atoms with E-state index in [1.165, 1.54) is 13.2 Å². The van der Waals surface area contributed by atoms with Crippen molar-refractivity contribution in [3.63, 3.8) is 0 Å². The lowest BCUT2D eigenvalue weighted by Gasteiger charge is -2.34. The van der Waals surface area contributed by atoms with Crippen molar-refractivity contribution in [2.75, 3.05) is 37.0 Å². The maximum absolute atomic E-state index is 13.8. The van der Waals surface area contributed by atoms with E-state index in [0.717, 1.165) is 5.56 Å². The van der Waals surface area contributed by atoms with Crippen LogP contribution in [-0.4, -0.2) is 47.1 Å². The van der Waals surface area contributed by atoms with Crippen LogP contribution in [0.25, 0.3) is 0 Å². The highest BCUT2D eigenvalue weighted by atomic mass is 32.2. The summed E-state index contributed by atoms with van der Waals surface area (Å²) in [4.78, 5) is 27.4. The van der Waals surface area contributed by atoms with Crippen molar-refractivity contribution in [3.05, 3.63) is 83.9 Å². The maximum Gasteiger partial charge on any atom is 0.310 e. The molecule has 212 valence electrons. The standard InChI is InChI=1S/C30H35N3O6S/c1-4-39-30(35)24-13-9-17-33(20-24)27-16-15-25(31-29(34)23-12-8-14-26(18-23)38-3)19-28(27)40(36,37)32-21(2)22-10-6-5-7-11-22/h5-8,10-12,14-16,18-19,21,24,32H,4,9,13,17,20H2,1-3H3,(H,31,34)/t21-,24+/m1/s1. The van der Waals surface area contributed by atoms with Gasteiger partial charge in [0.2, 0.25) is 10.0 Å². The molecule has 1 aliphatic rings. The summed E-state index contributed by atoms with van der Waals surface area (Å²) >= 11 is 0. The van der Waals surface area contributed by atoms with Crippen LogP contribution < -0.4 is 19.7 Å². The molecule has 1 heterocycles. The number of rotatable bonds is 10. The number of ether oxygens (including phenoxy) is 2. The number of methoxy groups -OCH3 is 1. The second-order valence-electron chi connectivity index (χ2n) is 9.66. The number of nitrogens with zero attached hydrogens (tertiary/aromatic N) is 1. The number of nitrogens with one attached hydrogen (secondary N) is 2. The third-order valence-corrected chi connectivity index (χ3v) is 8.42. The highest BCUT2D eigenvalue weighted by molar-refractivity contribution is 7.89. The monoisotopic (exact) mass is 565 g/mol. The zero-order chi connectivity index (χ0) is 28.7. The average Bonchev–Trinajstić information content (AvgIpc) is 2.97. The number of hydrogen-bond donors (Lipinski definition) is 2. The molecule has 2 N–H and O–H groups in total. The lowest BCUT2D eigenvalue weighted by Crippen LogP contribution is -2.40. The molecule has 0 saturated carbocycles. The molecule has 4 rings (SSSR count). The van der Waals surface area contributed by atoms with E-state index >= 15 is 0 Å². The Kier molecular flexibility index (Phi) is 9.44. The lowest BCUT2D eigenvalue weighted by molar-refractivity contribution is -0.148. The van der Waals surface area contributed by atoms with Gasteiger partial charge >= 0.3 is 5.97 Å². The number of sulfonamides is 1. The molecule has 1 saturated heterocycles. The number of amides is 1. The van der Waals surface area contributed by atoms with Crippen molar-refractivity contribution < 1.29 is 27.5 Å². The van der Waals surface area contributed by atoms with E-state index < -0.39 is 22.0 Å². The van der Waals surface area contributed by atoms with Crippen LogP contribution in [0.15, 0.2) is 77.7 Å². The highest BCUT2D eigenvalue weighted by Crippen LogP contribution is 2.33. The molecule has 3 aromatic rings. The van der Waals surface area contributed by atoms with Crippen LogP contribution in [-0.2, 0) is 19.6 Å². The van der Waals surface area contributed by atoms with Gasteiger partial charge in [-0.1, -0.05) is 36.4 Å². The summed E-state index contributed by atoms with van der Waals surface area (Å²) in [7, 11) is -2.53. The van der Waals surface area contributed by atoms with Crippen molar-refractivity contribution in [2.24, 2.45) is 5.92 Å². The summed E-state index contributed by atoms with van der Waals surface area (Å²) in [6.45, 7) is 4.76. The number of piperidine rings is 1. The smallest absolute Gasteiger partial charge is 0.310 e. The Bertz CT molecular complexity index is 1440. The van der Waals surface area contributed by atoms with Gasteiger partial charge in [0.25, 0.3) is 5.91 Å². The minimum absolute atomic E-state index is 0.0169. The van der Waals surface area contributed by atoms with E-state index in [1.54, 1.807) is 50.2 Å². The predicted molar refractivity (Wildman–Crippen MR) is 154 cm³/mol. The first-order chi connectivity index (χ1) is 19.2. The first-order valence-electron chi connectivity index (χ1n) is 13.3. The maximum atomic E-state index is 13.8. The fourth-order valence-electron chi connectivity index (χ4n) is 4.79. The van der Waals surface area contributed by atoms with Gasteiger partial charge in [-0.25, -0.2) is 13.1 Å². The third kappa shape index (κ3) is 7.00. The van der Waals surface area contributed by atoms with Gasteiger partial charge in [0, 0.05) is 30.4 Å². The Hall–Kier alpha value is -3.89. The topological polar surface area (TPSA) is 114 Å². The van der Waals surface area contributed by atoms with Crippen LogP contribution >= 0.6 is 0 Å². The zero-order valence-electron chi connectivity index (χ0n) is 22.9. The van der Waals surface area contributed by atoms with Gasteiger partial charge in [-0.15, -0.1) is 0 Å². The van der Waals surface area contributed by atoms with Crippen LogP contribution in [0.4, 0.5) is 11.4 Å². The van der Waals surface area contributed by atoms with Gasteiger partial charge in [-0.05, 0) is 68.7 Å². The first kappa shape index (κ1) is 29.1. The summed E-state index contributed by atoms with van der Waals surface area (Å²) in [5.41, 5.74) is 1.97. The van der Waals surface area contributed by atoms with Crippen LogP contribution in [0.3, 0.4) is 0 Å². The van der Waals surface area contributed by atoms with E-state index in [0.29, 0.717) is 48.6 Å². The molecule has 0 radical (unpaired) electrons. The Morgan fingerprint density at radius 1 is 1.05 bits per heavy atom. The molecule has 0 spiro atoms. The zero-order valence-corrected chi connectivity index (χ0v) is 23.7. The molecule has 0 bridgehead atoms. The Morgan fingerprint density at radius 3 is 2.55 bits per heavy atom. The van der Waals surface area contributed by atoms with E-state index in [1.807, 2.05) is 35.2 Å². The quantitative estimate of drug-likeness (QED) is 0.341. The molecule has 0 unspecified atom stereocenters. The summed E-state index contributed by atoms with van der Waals surface area (Å²) in [6.07, 6.45) is 1.39. The number of anilines is 2. The van der Waals surface area contributed by atoms with Gasteiger partial charge in [0.05, 0.1) is 25.3 Å². The van der Waals surface area contributed by atoms with E-state index in [4.69, 9.17) is 9.47 Å². The Morgan fingerprint density at radius 2 is 1.82 bits per heavy atom. The van der Waals surface area contributed by atoms with Crippen LogP contribution in [0.2, 0.25) is 0 Å². The number of benzene rings is 3. The first-order valence-corrected chi connectivity index (χ1v) is 14.8. The van der Waals surface area contributed by atoms with Crippen molar-refractivity contribution in [3.8, 4) is 5.75 Å². The number of carbonyl (C=O) groups excluding carboxylic acids is 2. The summed E-state index contributed by atoms with van der Waals surface area (Å²) in [6, 6.07) is 20.3. The molecule has 10 heteroatoms. The minimum Gasteiger partial charge on any atom is -0.497 e. The van der Waals surface area contributed by atoms with E-state index in [2.05, 4.69) is 10.0 Å². The Labute approximate surface area is 235 Å². The normalized spacial score (nSPS) is 16.2. The number of esters is 1. The van der Waals surface area contributed by atoms with Gasteiger partial charge in [-0.3, -0.25) is 9.59 Å². The molecule has 1 fully saturated rings. The second-order valence-corrected chi connectivity index (χ2v) is 11.3. The van der Waals surface area contributed by atoms with Crippen molar-refractivity contribution in [1.82, 2.24) is 4.72 Å². The van der Waals surface area contributed by atoms with Crippen molar-refractivity contribution in [2.45, 2.75) is 37.6 Å². The summed E-state index contributed by atoms with van der Waals surface area (Å²) < 4.78 is 40.9.